The molecule has 0 spiro atoms. The minimum Gasteiger partial charge on any atom is -0.550 e. The van der Waals surface area contributed by atoms with Gasteiger partial charge < -0.3 is 15.2 Å². The van der Waals surface area contributed by atoms with Crippen LogP contribution in [0.3, 0.4) is 0 Å². The molecule has 1 N–H and O–H groups in total. The van der Waals surface area contributed by atoms with Crippen molar-refractivity contribution in [3.63, 3.8) is 0 Å². The third-order valence-electron chi connectivity index (χ3n) is 3.34. The van der Waals surface area contributed by atoms with Gasteiger partial charge in [0, 0.05) is 40.4 Å². The van der Waals surface area contributed by atoms with Crippen LogP contribution in [0.2, 0.25) is 10.0 Å². The van der Waals surface area contributed by atoms with Crippen molar-refractivity contribution in [2.24, 2.45) is 0 Å². The van der Waals surface area contributed by atoms with Crippen molar-refractivity contribution in [1.82, 2.24) is 9.78 Å². The van der Waals surface area contributed by atoms with E-state index in [0.717, 1.165) is 5.69 Å². The Balaban J connectivity index is 1.82. The fourth-order valence-electron chi connectivity index (χ4n) is 2.25. The van der Waals surface area contributed by atoms with E-state index < -0.39 is 5.97 Å². The summed E-state index contributed by atoms with van der Waals surface area (Å²) in [4.78, 5) is 10.7. The van der Waals surface area contributed by atoms with Crippen LogP contribution in [0.25, 0.3) is 5.69 Å². The fraction of sp³-hybridized carbons (Fsp3) is 0.0588. The summed E-state index contributed by atoms with van der Waals surface area (Å²) < 4.78 is 1.73. The largest absolute Gasteiger partial charge is 0.550 e. The van der Waals surface area contributed by atoms with Crippen molar-refractivity contribution in [1.29, 1.82) is 0 Å². The number of aromatic nitrogens is 2. The van der Waals surface area contributed by atoms with Crippen molar-refractivity contribution in [3.05, 3.63) is 70.3 Å². The normalized spacial score (nSPS) is 10.6. The average molecular weight is 361 g/mol. The molecule has 1 heterocycles. The molecule has 0 fully saturated rings. The molecule has 0 amide bonds. The Bertz CT molecular complexity index is 856. The van der Waals surface area contributed by atoms with E-state index in [0.29, 0.717) is 17.1 Å². The van der Waals surface area contributed by atoms with Crippen molar-refractivity contribution >= 4 is 40.7 Å². The van der Waals surface area contributed by atoms with E-state index in [1.54, 1.807) is 16.8 Å². The molecule has 3 aromatic rings. The van der Waals surface area contributed by atoms with Gasteiger partial charge in [-0.05, 0) is 29.8 Å². The minimum absolute atomic E-state index is 0.261. The molecule has 3 rings (SSSR count). The molecule has 0 aliphatic carbocycles. The van der Waals surface area contributed by atoms with E-state index >= 15 is 0 Å². The summed E-state index contributed by atoms with van der Waals surface area (Å²) in [6.45, 7) is 0. The first kappa shape index (κ1) is 16.4. The van der Waals surface area contributed by atoms with E-state index in [4.69, 9.17) is 23.2 Å². The Morgan fingerprint density at radius 3 is 2.42 bits per heavy atom. The second-order valence-corrected chi connectivity index (χ2v) is 5.89. The fourth-order valence-corrected chi connectivity index (χ4v) is 2.87. The lowest BCUT2D eigenvalue weighted by Gasteiger charge is -2.11. The highest BCUT2D eigenvalue weighted by Gasteiger charge is 2.10. The van der Waals surface area contributed by atoms with Gasteiger partial charge in [-0.25, -0.2) is 4.68 Å². The monoisotopic (exact) mass is 360 g/mol. The zero-order chi connectivity index (χ0) is 17.1. The number of nitrogens with zero attached hydrogens (tertiary/aromatic N) is 2. The van der Waals surface area contributed by atoms with Gasteiger partial charge in [0.05, 0.1) is 5.69 Å². The Morgan fingerprint density at radius 2 is 1.79 bits per heavy atom. The maximum absolute atomic E-state index is 10.7. The van der Waals surface area contributed by atoms with Crippen molar-refractivity contribution in [2.75, 3.05) is 5.32 Å². The van der Waals surface area contributed by atoms with Crippen LogP contribution in [0.4, 0.5) is 11.5 Å². The summed E-state index contributed by atoms with van der Waals surface area (Å²) in [5.41, 5.74) is 1.88. The molecule has 5 nitrogen and oxygen atoms in total. The topological polar surface area (TPSA) is 70.0 Å². The zero-order valence-electron chi connectivity index (χ0n) is 12.4. The number of para-hydroxylation sites is 1. The highest BCUT2D eigenvalue weighted by Crippen LogP contribution is 2.30. The number of hydrogen-bond donors (Lipinski definition) is 1. The molecular weight excluding hydrogens is 349 g/mol. The standard InChI is InChI=1S/C17H13Cl2N3O2/c18-14-8-11(9-15(19)13(14)10-17(23)24)20-16-6-7-22(21-16)12-4-2-1-3-5-12/h1-9H,10H2,(H,20,21)(H,23,24)/p-1. The van der Waals surface area contributed by atoms with Gasteiger partial charge in [-0.2, -0.15) is 5.10 Å². The summed E-state index contributed by atoms with van der Waals surface area (Å²) >= 11 is 12.2. The first-order valence-corrected chi connectivity index (χ1v) is 7.84. The van der Waals surface area contributed by atoms with Gasteiger partial charge in [-0.1, -0.05) is 41.4 Å². The number of aliphatic carboxylic acids is 1. The average Bonchev–Trinajstić information content (AvgIpc) is 3.00. The Kier molecular flexibility index (Phi) is 4.74. The van der Waals surface area contributed by atoms with E-state index in [2.05, 4.69) is 10.4 Å². The third-order valence-corrected chi connectivity index (χ3v) is 4.02. The lowest BCUT2D eigenvalue weighted by Crippen LogP contribution is -2.24. The van der Waals surface area contributed by atoms with Crippen LogP contribution in [0.1, 0.15) is 5.56 Å². The maximum Gasteiger partial charge on any atom is 0.152 e. The molecule has 0 unspecified atom stereocenters. The smallest absolute Gasteiger partial charge is 0.152 e. The molecule has 0 saturated heterocycles. The molecule has 0 atom stereocenters. The molecule has 0 aliphatic heterocycles. The molecule has 0 aliphatic rings. The van der Waals surface area contributed by atoms with Crippen LogP contribution in [0.5, 0.6) is 0 Å². The number of benzene rings is 2. The van der Waals surface area contributed by atoms with Gasteiger partial charge in [-0.15, -0.1) is 0 Å². The van der Waals surface area contributed by atoms with E-state index in [1.807, 2.05) is 42.6 Å². The molecule has 0 bridgehead atoms. The number of hydrogen-bond acceptors (Lipinski definition) is 4. The van der Waals surface area contributed by atoms with E-state index in [-0.39, 0.29) is 16.5 Å². The van der Waals surface area contributed by atoms with Gasteiger partial charge in [0.1, 0.15) is 0 Å². The van der Waals surface area contributed by atoms with Gasteiger partial charge in [0.15, 0.2) is 5.82 Å². The number of anilines is 2. The first-order valence-electron chi connectivity index (χ1n) is 7.09. The molecule has 7 heteroatoms. The third kappa shape index (κ3) is 3.69. The summed E-state index contributed by atoms with van der Waals surface area (Å²) in [6, 6.07) is 14.7. The number of rotatable bonds is 5. The Morgan fingerprint density at radius 1 is 1.12 bits per heavy atom. The summed E-state index contributed by atoms with van der Waals surface area (Å²) in [5, 5.41) is 18.8. The quantitative estimate of drug-likeness (QED) is 0.758. The molecule has 2 aromatic carbocycles. The molecule has 1 aromatic heterocycles. The number of carbonyl (C=O) groups is 1. The van der Waals surface area contributed by atoms with Crippen LogP contribution >= 0.6 is 23.2 Å². The molecule has 0 radical (unpaired) electrons. The van der Waals surface area contributed by atoms with Crippen LogP contribution in [0, 0.1) is 0 Å². The zero-order valence-corrected chi connectivity index (χ0v) is 13.9. The minimum atomic E-state index is -1.24. The summed E-state index contributed by atoms with van der Waals surface area (Å²) in [5.74, 6) is -0.625. The van der Waals surface area contributed by atoms with Crippen molar-refractivity contribution in [2.45, 2.75) is 6.42 Å². The van der Waals surface area contributed by atoms with Crippen LogP contribution in [0.15, 0.2) is 54.7 Å². The Hall–Kier alpha value is -2.50. The molecule has 0 saturated carbocycles. The summed E-state index contributed by atoms with van der Waals surface area (Å²) in [6.07, 6.45) is 1.49. The van der Waals surface area contributed by atoms with Gasteiger partial charge in [0.2, 0.25) is 0 Å². The molecular formula is C17H12Cl2N3O2-. The highest BCUT2D eigenvalue weighted by molar-refractivity contribution is 6.36. The number of carboxylic acids is 1. The van der Waals surface area contributed by atoms with Gasteiger partial charge in [-0.3, -0.25) is 0 Å². The number of carboxylic acid groups (broad SMARTS) is 1. The van der Waals surface area contributed by atoms with Crippen LogP contribution < -0.4 is 10.4 Å². The number of carbonyl (C=O) groups excluding carboxylic acids is 1. The first-order chi connectivity index (χ1) is 11.5. The second-order valence-electron chi connectivity index (χ2n) is 5.07. The molecule has 24 heavy (non-hydrogen) atoms. The molecule has 122 valence electrons. The van der Waals surface area contributed by atoms with E-state index in [9.17, 15) is 9.90 Å². The van der Waals surface area contributed by atoms with Crippen LogP contribution in [-0.4, -0.2) is 15.7 Å². The highest BCUT2D eigenvalue weighted by atomic mass is 35.5. The lowest BCUT2D eigenvalue weighted by molar-refractivity contribution is -0.304. The van der Waals surface area contributed by atoms with Crippen molar-refractivity contribution in [3.8, 4) is 5.69 Å². The second kappa shape index (κ2) is 6.95. The maximum atomic E-state index is 10.7. The Labute approximate surface area is 148 Å². The summed E-state index contributed by atoms with van der Waals surface area (Å²) in [7, 11) is 0. The van der Waals surface area contributed by atoms with Gasteiger partial charge >= 0.3 is 0 Å². The van der Waals surface area contributed by atoms with Crippen LogP contribution in [-0.2, 0) is 11.2 Å². The predicted octanol–water partition coefficient (Wildman–Crippen LogP) is 3.22. The number of halogens is 2. The van der Waals surface area contributed by atoms with Gasteiger partial charge in [0.25, 0.3) is 0 Å². The SMILES string of the molecule is O=C([O-])Cc1c(Cl)cc(Nc2ccn(-c3ccccc3)n2)cc1Cl. The lowest BCUT2D eigenvalue weighted by atomic mass is 10.1. The predicted molar refractivity (Wildman–Crippen MR) is 92.0 cm³/mol. The van der Waals surface area contributed by atoms with E-state index in [1.165, 1.54) is 0 Å². The number of nitrogens with one attached hydrogen (secondary N) is 1. The van der Waals surface area contributed by atoms with Crippen molar-refractivity contribution < 1.29 is 9.90 Å².